The molecular weight excluding hydrogens is 283 g/mol. The van der Waals surface area contributed by atoms with Crippen LogP contribution in [-0.2, 0) is 11.0 Å². The van der Waals surface area contributed by atoms with Crippen molar-refractivity contribution < 1.29 is 22.7 Å². The number of benzene rings is 1. The van der Waals surface area contributed by atoms with E-state index in [0.717, 1.165) is 37.8 Å². The van der Waals surface area contributed by atoms with Gasteiger partial charge >= 0.3 is 6.18 Å². The molecule has 0 atom stereocenters. The van der Waals surface area contributed by atoms with Gasteiger partial charge in [0.25, 0.3) is 0 Å². The molecule has 2 rings (SSSR count). The number of alkyl halides is 3. The third-order valence-electron chi connectivity index (χ3n) is 3.56. The second kappa shape index (κ2) is 6.83. The lowest BCUT2D eigenvalue weighted by atomic mass is 10.1. The second-order valence-corrected chi connectivity index (χ2v) is 5.15. The lowest BCUT2D eigenvalue weighted by Gasteiger charge is -2.12. The maximum absolute atomic E-state index is 12.5. The maximum atomic E-state index is 12.5. The van der Waals surface area contributed by atoms with Gasteiger partial charge in [0.05, 0.1) is 12.1 Å². The molecule has 0 aromatic heterocycles. The van der Waals surface area contributed by atoms with Gasteiger partial charge < -0.3 is 10.1 Å². The normalized spacial score (nSPS) is 16.0. The predicted octanol–water partition coefficient (Wildman–Crippen LogP) is 3.39. The molecule has 0 spiro atoms. The standard InChI is InChI=1S/C15H18F3NO2/c16-15(17,18)12-6-3-7-13(10-12)21-9-8-19-14(20)11-4-1-2-5-11/h3,6-7,10-11H,1-2,4-5,8-9H2,(H,19,20). The molecule has 0 unspecified atom stereocenters. The molecule has 1 aromatic carbocycles. The van der Waals surface area contributed by atoms with E-state index in [1.165, 1.54) is 12.1 Å². The average molecular weight is 301 g/mol. The highest BCUT2D eigenvalue weighted by molar-refractivity contribution is 5.78. The van der Waals surface area contributed by atoms with Gasteiger partial charge in [-0.1, -0.05) is 18.9 Å². The smallest absolute Gasteiger partial charge is 0.416 e. The van der Waals surface area contributed by atoms with E-state index in [2.05, 4.69) is 5.32 Å². The number of halogens is 3. The van der Waals surface area contributed by atoms with Crippen LogP contribution < -0.4 is 10.1 Å². The van der Waals surface area contributed by atoms with Gasteiger partial charge in [0.1, 0.15) is 12.4 Å². The summed E-state index contributed by atoms with van der Waals surface area (Å²) in [6.45, 7) is 0.450. The van der Waals surface area contributed by atoms with Crippen molar-refractivity contribution in [3.63, 3.8) is 0 Å². The first-order valence-electron chi connectivity index (χ1n) is 7.04. The molecule has 0 aliphatic heterocycles. The summed E-state index contributed by atoms with van der Waals surface area (Å²) in [5.74, 6) is 0.249. The van der Waals surface area contributed by atoms with E-state index < -0.39 is 11.7 Å². The van der Waals surface area contributed by atoms with E-state index >= 15 is 0 Å². The van der Waals surface area contributed by atoms with Gasteiger partial charge in [-0.2, -0.15) is 13.2 Å². The van der Waals surface area contributed by atoms with Crippen LogP contribution in [0.25, 0.3) is 0 Å². The van der Waals surface area contributed by atoms with Gasteiger partial charge in [0.2, 0.25) is 5.91 Å². The number of ether oxygens (including phenoxy) is 1. The van der Waals surface area contributed by atoms with Crippen LogP contribution in [0.15, 0.2) is 24.3 Å². The highest BCUT2D eigenvalue weighted by atomic mass is 19.4. The second-order valence-electron chi connectivity index (χ2n) is 5.15. The lowest BCUT2D eigenvalue weighted by molar-refractivity contribution is -0.137. The Morgan fingerprint density at radius 3 is 2.67 bits per heavy atom. The number of hydrogen-bond donors (Lipinski definition) is 1. The Hall–Kier alpha value is -1.72. The topological polar surface area (TPSA) is 38.3 Å². The number of carbonyl (C=O) groups is 1. The third-order valence-corrected chi connectivity index (χ3v) is 3.56. The summed E-state index contributed by atoms with van der Waals surface area (Å²) in [4.78, 5) is 11.7. The van der Waals surface area contributed by atoms with Crippen LogP contribution in [0.1, 0.15) is 31.2 Å². The van der Waals surface area contributed by atoms with Crippen LogP contribution in [0.5, 0.6) is 5.75 Å². The Morgan fingerprint density at radius 1 is 1.29 bits per heavy atom. The number of hydrogen-bond acceptors (Lipinski definition) is 2. The first-order chi connectivity index (χ1) is 9.97. The summed E-state index contributed by atoms with van der Waals surface area (Å²) in [6, 6.07) is 4.72. The van der Waals surface area contributed by atoms with Crippen LogP contribution in [0.4, 0.5) is 13.2 Å². The van der Waals surface area contributed by atoms with Crippen molar-refractivity contribution in [2.24, 2.45) is 5.92 Å². The van der Waals surface area contributed by atoms with Gasteiger partial charge in [0, 0.05) is 5.92 Å². The van der Waals surface area contributed by atoms with Crippen molar-refractivity contribution in [3.8, 4) is 5.75 Å². The quantitative estimate of drug-likeness (QED) is 0.847. The van der Waals surface area contributed by atoms with Gasteiger partial charge in [0.15, 0.2) is 0 Å². The summed E-state index contributed by atoms with van der Waals surface area (Å²) in [5.41, 5.74) is -0.741. The van der Waals surface area contributed by atoms with Crippen molar-refractivity contribution in [2.45, 2.75) is 31.9 Å². The van der Waals surface area contributed by atoms with E-state index in [1.807, 2.05) is 0 Å². The molecule has 1 aromatic rings. The van der Waals surface area contributed by atoms with E-state index in [0.29, 0.717) is 6.54 Å². The third kappa shape index (κ3) is 4.65. The van der Waals surface area contributed by atoms with Crippen molar-refractivity contribution in [1.29, 1.82) is 0 Å². The molecule has 1 fully saturated rings. The number of carbonyl (C=O) groups excluding carboxylic acids is 1. The predicted molar refractivity (Wildman–Crippen MR) is 71.9 cm³/mol. The van der Waals surface area contributed by atoms with Crippen LogP contribution in [0, 0.1) is 5.92 Å². The molecule has 0 radical (unpaired) electrons. The Balaban J connectivity index is 1.74. The number of rotatable bonds is 5. The molecule has 1 amide bonds. The Morgan fingerprint density at radius 2 is 2.00 bits per heavy atom. The average Bonchev–Trinajstić information content (AvgIpc) is 2.97. The summed E-state index contributed by atoms with van der Waals surface area (Å²) in [6.07, 6.45) is -0.381. The molecule has 116 valence electrons. The van der Waals surface area contributed by atoms with E-state index in [1.54, 1.807) is 0 Å². The largest absolute Gasteiger partial charge is 0.492 e. The van der Waals surface area contributed by atoms with Gasteiger partial charge in [-0.25, -0.2) is 0 Å². The van der Waals surface area contributed by atoms with Gasteiger partial charge in [-0.05, 0) is 31.0 Å². The van der Waals surface area contributed by atoms with E-state index in [-0.39, 0.29) is 24.2 Å². The Bertz CT molecular complexity index is 482. The van der Waals surface area contributed by atoms with Crippen LogP contribution >= 0.6 is 0 Å². The highest BCUT2D eigenvalue weighted by Crippen LogP contribution is 2.31. The fraction of sp³-hybridized carbons (Fsp3) is 0.533. The van der Waals surface area contributed by atoms with Crippen LogP contribution in [-0.4, -0.2) is 19.1 Å². The summed E-state index contributed by atoms with van der Waals surface area (Å²) in [7, 11) is 0. The van der Waals surface area contributed by atoms with Gasteiger partial charge in [-0.3, -0.25) is 4.79 Å². The molecule has 1 N–H and O–H groups in total. The number of amides is 1. The fourth-order valence-electron chi connectivity index (χ4n) is 2.44. The zero-order valence-corrected chi connectivity index (χ0v) is 11.6. The minimum absolute atomic E-state index is 0.0140. The lowest BCUT2D eigenvalue weighted by Crippen LogP contribution is -2.32. The molecule has 0 saturated heterocycles. The molecule has 1 aliphatic carbocycles. The summed E-state index contributed by atoms with van der Waals surface area (Å²) >= 11 is 0. The van der Waals surface area contributed by atoms with Gasteiger partial charge in [-0.15, -0.1) is 0 Å². The molecule has 6 heteroatoms. The first kappa shape index (κ1) is 15.7. The molecular formula is C15H18F3NO2. The van der Waals surface area contributed by atoms with Crippen LogP contribution in [0.3, 0.4) is 0 Å². The van der Waals surface area contributed by atoms with E-state index in [9.17, 15) is 18.0 Å². The molecule has 0 heterocycles. The van der Waals surface area contributed by atoms with Crippen molar-refractivity contribution in [3.05, 3.63) is 29.8 Å². The van der Waals surface area contributed by atoms with Crippen molar-refractivity contribution in [1.82, 2.24) is 5.32 Å². The Kier molecular flexibility index (Phi) is 5.09. The van der Waals surface area contributed by atoms with Crippen molar-refractivity contribution >= 4 is 5.91 Å². The monoisotopic (exact) mass is 301 g/mol. The zero-order valence-electron chi connectivity index (χ0n) is 11.6. The highest BCUT2D eigenvalue weighted by Gasteiger charge is 2.30. The SMILES string of the molecule is O=C(NCCOc1cccc(C(F)(F)F)c1)C1CCCC1. The Labute approximate surface area is 121 Å². The molecule has 21 heavy (non-hydrogen) atoms. The first-order valence-corrected chi connectivity index (χ1v) is 7.04. The molecule has 0 bridgehead atoms. The van der Waals surface area contributed by atoms with E-state index in [4.69, 9.17) is 4.74 Å². The maximum Gasteiger partial charge on any atom is 0.416 e. The van der Waals surface area contributed by atoms with Crippen LogP contribution in [0.2, 0.25) is 0 Å². The number of nitrogens with one attached hydrogen (secondary N) is 1. The molecule has 1 aliphatic rings. The summed E-state index contributed by atoms with van der Waals surface area (Å²) in [5, 5.41) is 2.75. The minimum Gasteiger partial charge on any atom is -0.492 e. The molecule has 1 saturated carbocycles. The van der Waals surface area contributed by atoms with Crippen molar-refractivity contribution in [2.75, 3.05) is 13.2 Å². The fourth-order valence-corrected chi connectivity index (χ4v) is 2.44. The minimum atomic E-state index is -4.38. The molecule has 3 nitrogen and oxygen atoms in total. The zero-order chi connectivity index (χ0) is 15.3. The summed E-state index contributed by atoms with van der Waals surface area (Å²) < 4.78 is 42.8.